The van der Waals surface area contributed by atoms with Gasteiger partial charge in [0.15, 0.2) is 0 Å². The number of hydrogen-bond donors (Lipinski definition) is 0. The van der Waals surface area contributed by atoms with Crippen LogP contribution in [-0.4, -0.2) is 0 Å². The van der Waals surface area contributed by atoms with Crippen molar-refractivity contribution < 1.29 is 0 Å². The Balaban J connectivity index is 2.36. The Morgan fingerprint density at radius 3 is 1.80 bits per heavy atom. The van der Waals surface area contributed by atoms with Gasteiger partial charge in [-0.1, -0.05) is 65.8 Å². The van der Waals surface area contributed by atoms with Crippen LogP contribution in [-0.2, 0) is 0 Å². The highest BCUT2D eigenvalue weighted by atomic mass is 14.1. The van der Waals surface area contributed by atoms with Crippen LogP contribution < -0.4 is 0 Å². The summed E-state index contributed by atoms with van der Waals surface area (Å²) in [6.45, 7) is 4.30. The van der Waals surface area contributed by atoms with Gasteiger partial charge < -0.3 is 0 Å². The molecule has 2 rings (SSSR count). The van der Waals surface area contributed by atoms with E-state index in [9.17, 15) is 0 Å². The van der Waals surface area contributed by atoms with Gasteiger partial charge >= 0.3 is 0 Å². The number of aryl methyl sites for hydroxylation is 2. The fraction of sp³-hybridized carbons (Fsp3) is 0.200. The summed E-state index contributed by atoms with van der Waals surface area (Å²) in [5.41, 5.74) is 4.05. The van der Waals surface area contributed by atoms with E-state index in [1.807, 2.05) is 0 Å². The van der Waals surface area contributed by atoms with Crippen LogP contribution in [0.15, 0.2) is 54.7 Å². The van der Waals surface area contributed by atoms with Gasteiger partial charge in [0.1, 0.15) is 0 Å². The zero-order valence-electron chi connectivity index (χ0n) is 9.27. The molecule has 1 aliphatic carbocycles. The van der Waals surface area contributed by atoms with Gasteiger partial charge in [-0.15, -0.1) is 0 Å². The second-order valence-electron chi connectivity index (χ2n) is 4.10. The molecule has 0 bridgehead atoms. The zero-order chi connectivity index (χ0) is 10.7. The molecule has 0 saturated heterocycles. The molecule has 0 fully saturated rings. The summed E-state index contributed by atoms with van der Waals surface area (Å²) in [6, 6.07) is 6.74. The molecule has 0 atom stereocenters. The number of benzene rings is 1. The van der Waals surface area contributed by atoms with Crippen molar-refractivity contribution in [3.63, 3.8) is 0 Å². The molecule has 0 heterocycles. The van der Waals surface area contributed by atoms with E-state index in [2.05, 4.69) is 68.5 Å². The van der Waals surface area contributed by atoms with Crippen molar-refractivity contribution in [3.05, 3.63) is 71.3 Å². The summed E-state index contributed by atoms with van der Waals surface area (Å²) in [7, 11) is 0. The fourth-order valence-electron chi connectivity index (χ4n) is 1.98. The highest BCUT2D eigenvalue weighted by Crippen LogP contribution is 2.22. The molecule has 1 aromatic carbocycles. The van der Waals surface area contributed by atoms with Crippen LogP contribution >= 0.6 is 0 Å². The Bertz CT molecular complexity index is 397. The van der Waals surface area contributed by atoms with Crippen LogP contribution in [0.1, 0.15) is 22.6 Å². The minimum atomic E-state index is 0.415. The summed E-state index contributed by atoms with van der Waals surface area (Å²) in [6.07, 6.45) is 12.8. The first-order chi connectivity index (χ1) is 7.25. The maximum atomic E-state index is 2.26. The Hall–Kier alpha value is -1.56. The minimum Gasteiger partial charge on any atom is -0.0732 e. The molecule has 0 unspecified atom stereocenters. The van der Waals surface area contributed by atoms with Crippen molar-refractivity contribution in [2.45, 2.75) is 19.8 Å². The van der Waals surface area contributed by atoms with Crippen molar-refractivity contribution >= 4 is 0 Å². The van der Waals surface area contributed by atoms with E-state index in [1.165, 1.54) is 16.7 Å². The SMILES string of the molecule is Cc1cc(C)cc(C2C=CC=CC=C2)c1. The van der Waals surface area contributed by atoms with E-state index in [4.69, 9.17) is 0 Å². The first-order valence-corrected chi connectivity index (χ1v) is 5.35. The Labute approximate surface area is 91.6 Å². The number of allylic oxidation sites excluding steroid dienone is 6. The van der Waals surface area contributed by atoms with Gasteiger partial charge in [0, 0.05) is 5.92 Å². The largest absolute Gasteiger partial charge is 0.0732 e. The number of rotatable bonds is 1. The lowest BCUT2D eigenvalue weighted by molar-refractivity contribution is 1.07. The van der Waals surface area contributed by atoms with E-state index in [0.717, 1.165) is 0 Å². The van der Waals surface area contributed by atoms with Crippen LogP contribution in [0.3, 0.4) is 0 Å². The van der Waals surface area contributed by atoms with Gasteiger partial charge in [-0.2, -0.15) is 0 Å². The highest BCUT2D eigenvalue weighted by Gasteiger charge is 2.05. The smallest absolute Gasteiger partial charge is 0.0205 e. The van der Waals surface area contributed by atoms with Crippen molar-refractivity contribution in [2.24, 2.45) is 0 Å². The summed E-state index contributed by atoms with van der Waals surface area (Å²) in [4.78, 5) is 0. The third-order valence-corrected chi connectivity index (χ3v) is 2.60. The van der Waals surface area contributed by atoms with Crippen LogP contribution in [0.5, 0.6) is 0 Å². The molecule has 0 spiro atoms. The molecule has 0 heteroatoms. The van der Waals surface area contributed by atoms with Gasteiger partial charge in [0.25, 0.3) is 0 Å². The number of hydrogen-bond acceptors (Lipinski definition) is 0. The molecule has 0 amide bonds. The molecule has 0 aromatic heterocycles. The van der Waals surface area contributed by atoms with Gasteiger partial charge in [0.05, 0.1) is 0 Å². The van der Waals surface area contributed by atoms with Crippen molar-refractivity contribution in [2.75, 3.05) is 0 Å². The molecule has 0 radical (unpaired) electrons. The van der Waals surface area contributed by atoms with Crippen LogP contribution in [0.25, 0.3) is 0 Å². The maximum Gasteiger partial charge on any atom is 0.0205 e. The predicted molar refractivity (Wildman–Crippen MR) is 66.1 cm³/mol. The van der Waals surface area contributed by atoms with E-state index >= 15 is 0 Å². The van der Waals surface area contributed by atoms with Gasteiger partial charge in [-0.3, -0.25) is 0 Å². The molecule has 15 heavy (non-hydrogen) atoms. The Morgan fingerprint density at radius 1 is 0.733 bits per heavy atom. The zero-order valence-corrected chi connectivity index (χ0v) is 9.27. The van der Waals surface area contributed by atoms with Crippen molar-refractivity contribution in [1.29, 1.82) is 0 Å². The topological polar surface area (TPSA) is 0 Å². The van der Waals surface area contributed by atoms with Gasteiger partial charge in [-0.25, -0.2) is 0 Å². The standard InChI is InChI=1S/C15H16/c1-12-9-13(2)11-15(10-12)14-7-5-3-4-6-8-14/h3-11,14H,1-2H3. The average Bonchev–Trinajstić information content (AvgIpc) is 2.43. The average molecular weight is 196 g/mol. The summed E-state index contributed by atoms with van der Waals surface area (Å²) < 4.78 is 0. The summed E-state index contributed by atoms with van der Waals surface area (Å²) in [5, 5.41) is 0. The van der Waals surface area contributed by atoms with Crippen molar-refractivity contribution in [1.82, 2.24) is 0 Å². The lowest BCUT2D eigenvalue weighted by atomic mass is 9.95. The lowest BCUT2D eigenvalue weighted by Gasteiger charge is -2.10. The van der Waals surface area contributed by atoms with E-state index < -0.39 is 0 Å². The van der Waals surface area contributed by atoms with Crippen LogP contribution in [0.2, 0.25) is 0 Å². The molecular weight excluding hydrogens is 180 g/mol. The van der Waals surface area contributed by atoms with Gasteiger partial charge in [-0.05, 0) is 19.4 Å². The fourth-order valence-corrected chi connectivity index (χ4v) is 1.98. The van der Waals surface area contributed by atoms with E-state index in [1.54, 1.807) is 0 Å². The summed E-state index contributed by atoms with van der Waals surface area (Å²) >= 11 is 0. The minimum absolute atomic E-state index is 0.415. The third kappa shape index (κ3) is 2.47. The first-order valence-electron chi connectivity index (χ1n) is 5.35. The van der Waals surface area contributed by atoms with Gasteiger partial charge in [0.2, 0.25) is 0 Å². The van der Waals surface area contributed by atoms with Crippen molar-refractivity contribution in [3.8, 4) is 0 Å². The van der Waals surface area contributed by atoms with E-state index in [0.29, 0.717) is 5.92 Å². The van der Waals surface area contributed by atoms with Crippen LogP contribution in [0.4, 0.5) is 0 Å². The first kappa shape index (κ1) is 9.97. The molecule has 0 N–H and O–H groups in total. The van der Waals surface area contributed by atoms with E-state index in [-0.39, 0.29) is 0 Å². The lowest BCUT2D eigenvalue weighted by Crippen LogP contribution is -1.92. The second-order valence-corrected chi connectivity index (χ2v) is 4.10. The quantitative estimate of drug-likeness (QED) is 0.635. The predicted octanol–water partition coefficient (Wildman–Crippen LogP) is 4.07. The molecule has 0 aliphatic heterocycles. The second kappa shape index (κ2) is 4.31. The highest BCUT2D eigenvalue weighted by molar-refractivity contribution is 5.38. The molecule has 1 aliphatic rings. The Kier molecular flexibility index (Phi) is 2.86. The molecule has 1 aromatic rings. The third-order valence-electron chi connectivity index (χ3n) is 2.60. The molecule has 0 nitrogen and oxygen atoms in total. The Morgan fingerprint density at radius 2 is 1.27 bits per heavy atom. The molecule has 0 saturated carbocycles. The monoisotopic (exact) mass is 196 g/mol. The van der Waals surface area contributed by atoms with Crippen LogP contribution in [0, 0.1) is 13.8 Å². The maximum absolute atomic E-state index is 2.26. The normalized spacial score (nSPS) is 15.6. The molecule has 76 valence electrons. The summed E-state index contributed by atoms with van der Waals surface area (Å²) in [5.74, 6) is 0.415. The molecular formula is C15H16.